The number of aromatic nitrogens is 5. The number of piperidine rings is 1. The minimum atomic E-state index is 0.194. The molecule has 4 N–H and O–H groups in total. The largest absolute Gasteiger partial charge is 0.367 e. The van der Waals surface area contributed by atoms with E-state index in [2.05, 4.69) is 40.8 Å². The zero-order valence-electron chi connectivity index (χ0n) is 24.7. The van der Waals surface area contributed by atoms with Gasteiger partial charge >= 0.3 is 0 Å². The van der Waals surface area contributed by atoms with E-state index in [0.717, 1.165) is 87.0 Å². The summed E-state index contributed by atoms with van der Waals surface area (Å²) in [6.45, 7) is 6.00. The minimum absolute atomic E-state index is 0.194. The second kappa shape index (κ2) is 16.1. The molecule has 0 bridgehead atoms. The highest BCUT2D eigenvalue weighted by atomic mass is 31.0. The lowest BCUT2D eigenvalue weighted by atomic mass is 9.95. The van der Waals surface area contributed by atoms with Crippen molar-refractivity contribution in [1.82, 2.24) is 40.5 Å². The van der Waals surface area contributed by atoms with Crippen LogP contribution in [0.25, 0.3) is 10.9 Å². The lowest BCUT2D eigenvalue weighted by Gasteiger charge is -2.32. The number of fused-ring (bicyclic) bond motifs is 1. The monoisotopic (exact) mass is 594 g/mol. The number of anilines is 2. The van der Waals surface area contributed by atoms with Gasteiger partial charge in [0.05, 0.1) is 18.3 Å². The summed E-state index contributed by atoms with van der Waals surface area (Å²) in [5, 5.41) is 23.9. The molecular weight excluding hydrogens is 547 g/mol. The summed E-state index contributed by atoms with van der Waals surface area (Å²) in [7, 11) is 2.52. The van der Waals surface area contributed by atoms with Crippen molar-refractivity contribution in [1.29, 1.82) is 0 Å². The molecule has 0 spiro atoms. The summed E-state index contributed by atoms with van der Waals surface area (Å²) >= 11 is 0. The molecule has 3 heterocycles. The molecule has 12 heteroatoms. The molecule has 2 aliphatic rings. The third kappa shape index (κ3) is 9.06. The lowest BCUT2D eigenvalue weighted by Crippen LogP contribution is -2.43. The Balaban J connectivity index is 1.04. The number of carbonyl (C=O) groups excluding carboxylic acids is 1. The zero-order chi connectivity index (χ0) is 29.0. The summed E-state index contributed by atoms with van der Waals surface area (Å²) in [5.74, 6) is 1.57. The topological polar surface area (TPSA) is 125 Å². The Hall–Kier alpha value is -2.88. The number of hydrogen-bond acceptors (Lipinski definition) is 9. The average molecular weight is 595 g/mol. The van der Waals surface area contributed by atoms with E-state index in [1.165, 1.54) is 38.5 Å². The van der Waals surface area contributed by atoms with Gasteiger partial charge in [-0.1, -0.05) is 36.6 Å². The maximum Gasteiger partial charge on any atom is 0.226 e. The van der Waals surface area contributed by atoms with E-state index in [0.29, 0.717) is 18.7 Å². The summed E-state index contributed by atoms with van der Waals surface area (Å²) < 4.78 is 1.91. The van der Waals surface area contributed by atoms with Crippen molar-refractivity contribution < 1.29 is 4.79 Å². The Bertz CT molecular complexity index is 1260. The van der Waals surface area contributed by atoms with Crippen LogP contribution in [-0.4, -0.2) is 86.7 Å². The number of benzene rings is 1. The molecule has 1 saturated heterocycles. The van der Waals surface area contributed by atoms with Crippen molar-refractivity contribution in [3.05, 3.63) is 36.2 Å². The maximum absolute atomic E-state index is 12.0. The van der Waals surface area contributed by atoms with Crippen LogP contribution in [0.5, 0.6) is 0 Å². The number of nitrogens with zero attached hydrogens (tertiary/aromatic N) is 6. The van der Waals surface area contributed by atoms with Crippen molar-refractivity contribution in [2.75, 3.05) is 49.5 Å². The summed E-state index contributed by atoms with van der Waals surface area (Å²) in [6, 6.07) is 9.05. The molecule has 228 valence electrons. The van der Waals surface area contributed by atoms with Gasteiger partial charge in [-0.3, -0.25) is 9.48 Å². The van der Waals surface area contributed by atoms with Gasteiger partial charge in [-0.25, -0.2) is 4.98 Å². The van der Waals surface area contributed by atoms with E-state index < -0.39 is 0 Å². The van der Waals surface area contributed by atoms with Gasteiger partial charge < -0.3 is 26.2 Å². The summed E-state index contributed by atoms with van der Waals surface area (Å²) in [5.41, 5.74) is 1.74. The standard InChI is InChI=1S/C30H47N10OP/c41-28(22-42)39-18-12-24(13-19-39)34-29-26-10-4-5-11-27(26)35-30(36-29)33-20-25-21-40(38-37-25)17-7-15-31-14-6-16-32-23-8-2-1-3-9-23/h4-5,10-11,21,23-24,31-32H,1-3,6-9,12-20,22,42H2,(H2,33,34,35,36). The molecule has 3 aromatic rings. The maximum atomic E-state index is 12.0. The van der Waals surface area contributed by atoms with Crippen LogP contribution in [0.4, 0.5) is 11.8 Å². The predicted octanol–water partition coefficient (Wildman–Crippen LogP) is 3.40. The second-order valence-corrected chi connectivity index (χ2v) is 11.9. The number of nitrogens with one attached hydrogen (secondary N) is 4. The first-order valence-corrected chi connectivity index (χ1v) is 16.6. The van der Waals surface area contributed by atoms with Crippen molar-refractivity contribution >= 4 is 37.8 Å². The van der Waals surface area contributed by atoms with E-state index in [1.807, 2.05) is 40.0 Å². The van der Waals surface area contributed by atoms with Gasteiger partial charge in [0.15, 0.2) is 0 Å². The summed E-state index contributed by atoms with van der Waals surface area (Å²) in [6.07, 6.45) is 13.3. The lowest BCUT2D eigenvalue weighted by molar-refractivity contribution is -0.129. The third-order valence-corrected chi connectivity index (χ3v) is 8.64. The highest BCUT2D eigenvalue weighted by Gasteiger charge is 2.23. The highest BCUT2D eigenvalue weighted by molar-refractivity contribution is 7.18. The van der Waals surface area contributed by atoms with Crippen LogP contribution < -0.4 is 21.3 Å². The highest BCUT2D eigenvalue weighted by Crippen LogP contribution is 2.25. The molecule has 1 aliphatic carbocycles. The number of rotatable bonds is 15. The molecule has 1 saturated carbocycles. The molecular formula is C30H47N10OP. The molecule has 1 aromatic carbocycles. The van der Waals surface area contributed by atoms with E-state index in [-0.39, 0.29) is 11.9 Å². The zero-order valence-corrected chi connectivity index (χ0v) is 25.9. The molecule has 2 fully saturated rings. The Morgan fingerprint density at radius 1 is 0.952 bits per heavy atom. The number of hydrogen-bond donors (Lipinski definition) is 4. The quantitative estimate of drug-likeness (QED) is 0.155. The first-order chi connectivity index (χ1) is 20.7. The molecule has 5 rings (SSSR count). The van der Waals surface area contributed by atoms with Crippen LogP contribution in [0.15, 0.2) is 30.5 Å². The van der Waals surface area contributed by atoms with E-state index in [1.54, 1.807) is 0 Å². The van der Waals surface area contributed by atoms with Crippen LogP contribution >= 0.6 is 9.24 Å². The fourth-order valence-corrected chi connectivity index (χ4v) is 6.14. The van der Waals surface area contributed by atoms with E-state index >= 15 is 0 Å². The van der Waals surface area contributed by atoms with Gasteiger partial charge in [0, 0.05) is 43.3 Å². The molecule has 0 radical (unpaired) electrons. The van der Waals surface area contributed by atoms with Crippen molar-refractivity contribution in [3.8, 4) is 0 Å². The molecule has 42 heavy (non-hydrogen) atoms. The molecule has 2 aromatic heterocycles. The van der Waals surface area contributed by atoms with Gasteiger partial charge in [-0.05, 0) is 70.3 Å². The van der Waals surface area contributed by atoms with Gasteiger partial charge in [-0.15, -0.1) is 14.3 Å². The summed E-state index contributed by atoms with van der Waals surface area (Å²) in [4.78, 5) is 23.5. The van der Waals surface area contributed by atoms with Crippen molar-refractivity contribution in [2.24, 2.45) is 0 Å². The number of amides is 1. The molecule has 1 aliphatic heterocycles. The smallest absolute Gasteiger partial charge is 0.226 e. The fraction of sp³-hybridized carbons (Fsp3) is 0.633. The van der Waals surface area contributed by atoms with Crippen LogP contribution in [0, 0.1) is 0 Å². The molecule has 1 amide bonds. The number of likely N-dealkylation sites (tertiary alicyclic amines) is 1. The van der Waals surface area contributed by atoms with Crippen molar-refractivity contribution in [3.63, 3.8) is 0 Å². The third-order valence-electron chi connectivity index (χ3n) is 8.29. The number of carbonyl (C=O) groups is 1. The molecule has 1 atom stereocenters. The van der Waals surface area contributed by atoms with Crippen molar-refractivity contribution in [2.45, 2.75) is 83.0 Å². The first kappa shape index (κ1) is 30.6. The van der Waals surface area contributed by atoms with Crippen LogP contribution in [0.3, 0.4) is 0 Å². The average Bonchev–Trinajstić information content (AvgIpc) is 3.49. The van der Waals surface area contributed by atoms with E-state index in [4.69, 9.17) is 9.97 Å². The second-order valence-electron chi connectivity index (χ2n) is 11.5. The fourth-order valence-electron chi connectivity index (χ4n) is 5.88. The Labute approximate surface area is 251 Å². The Morgan fingerprint density at radius 3 is 2.60 bits per heavy atom. The van der Waals surface area contributed by atoms with Crippen LogP contribution in [-0.2, 0) is 17.9 Å². The Morgan fingerprint density at radius 2 is 1.76 bits per heavy atom. The molecule has 1 unspecified atom stereocenters. The molecule has 11 nitrogen and oxygen atoms in total. The van der Waals surface area contributed by atoms with Gasteiger partial charge in [0.2, 0.25) is 11.9 Å². The SMILES string of the molecule is O=C(CP)N1CCC(Nc2nc(NCc3cn(CCCNCCCNC4CCCCC4)nn3)nc3ccccc23)CC1. The van der Waals surface area contributed by atoms with Gasteiger partial charge in [-0.2, -0.15) is 4.98 Å². The van der Waals surface area contributed by atoms with Crippen LogP contribution in [0.2, 0.25) is 0 Å². The normalized spacial score (nSPS) is 16.6. The van der Waals surface area contributed by atoms with E-state index in [9.17, 15) is 4.79 Å². The minimum Gasteiger partial charge on any atom is -0.367 e. The van der Waals surface area contributed by atoms with Gasteiger partial charge in [0.25, 0.3) is 0 Å². The first-order valence-electron chi connectivity index (χ1n) is 15.8. The van der Waals surface area contributed by atoms with Gasteiger partial charge in [0.1, 0.15) is 11.5 Å². The predicted molar refractivity (Wildman–Crippen MR) is 172 cm³/mol. The number of para-hydroxylation sites is 1. The van der Waals surface area contributed by atoms with Crippen LogP contribution in [0.1, 0.15) is 63.5 Å². The number of aryl methyl sites for hydroxylation is 1. The Kier molecular flexibility index (Phi) is 11.7.